The molecule has 0 aliphatic rings. The summed E-state index contributed by atoms with van der Waals surface area (Å²) in [6, 6.07) is 4.14. The minimum absolute atomic E-state index is 0.617. The highest BCUT2D eigenvalue weighted by molar-refractivity contribution is 5.42. The van der Waals surface area contributed by atoms with Gasteiger partial charge in [0.05, 0.1) is 6.54 Å². The van der Waals surface area contributed by atoms with Crippen LogP contribution in [0.15, 0.2) is 18.3 Å². The number of hydrogen-bond acceptors (Lipinski definition) is 3. The Morgan fingerprint density at radius 3 is 2.94 bits per heavy atom. The van der Waals surface area contributed by atoms with Crippen LogP contribution < -0.4 is 10.2 Å². The third-order valence-electron chi connectivity index (χ3n) is 2.49. The Morgan fingerprint density at radius 2 is 2.29 bits per heavy atom. The third-order valence-corrected chi connectivity index (χ3v) is 2.49. The topological polar surface area (TPSA) is 28.2 Å². The van der Waals surface area contributed by atoms with E-state index in [9.17, 15) is 0 Å². The molecule has 0 aromatic carbocycles. The van der Waals surface area contributed by atoms with Gasteiger partial charge in [0.2, 0.25) is 0 Å². The highest BCUT2D eigenvalue weighted by atomic mass is 15.2. The van der Waals surface area contributed by atoms with Crippen LogP contribution in [0.4, 0.5) is 5.82 Å². The molecule has 0 amide bonds. The molecule has 0 unspecified atom stereocenters. The lowest BCUT2D eigenvalue weighted by atomic mass is 10.2. The Bertz CT molecular complexity index is 368. The van der Waals surface area contributed by atoms with Crippen LogP contribution in [-0.4, -0.2) is 24.6 Å². The molecule has 17 heavy (non-hydrogen) atoms. The molecular weight excluding hydrogens is 210 g/mol. The van der Waals surface area contributed by atoms with Crippen LogP contribution in [0.25, 0.3) is 0 Å². The Kier molecular flexibility index (Phi) is 6.13. The van der Waals surface area contributed by atoms with Gasteiger partial charge in [0.15, 0.2) is 0 Å². The van der Waals surface area contributed by atoms with E-state index < -0.39 is 0 Å². The molecule has 0 saturated carbocycles. The molecule has 0 radical (unpaired) electrons. The molecule has 1 rings (SSSR count). The van der Waals surface area contributed by atoms with Crippen molar-refractivity contribution in [2.45, 2.75) is 26.8 Å². The van der Waals surface area contributed by atoms with E-state index in [0.29, 0.717) is 6.54 Å². The first-order valence-electron chi connectivity index (χ1n) is 6.15. The van der Waals surface area contributed by atoms with Crippen LogP contribution in [0.1, 0.15) is 25.8 Å². The largest absolute Gasteiger partial charge is 0.345 e. The standard InChI is InChI=1S/C14H21N3/c1-4-9-17(10-5-2)14-11-13(7-8-16-14)12-15-6-3/h1,7-8,11,15H,5-6,9-10,12H2,2-3H3. The molecule has 0 fully saturated rings. The number of anilines is 1. The second-order valence-electron chi connectivity index (χ2n) is 3.93. The molecule has 1 N–H and O–H groups in total. The van der Waals surface area contributed by atoms with Gasteiger partial charge in [-0.15, -0.1) is 6.42 Å². The van der Waals surface area contributed by atoms with Gasteiger partial charge in [-0.1, -0.05) is 19.8 Å². The van der Waals surface area contributed by atoms with Crippen LogP contribution in [0, 0.1) is 12.3 Å². The predicted octanol–water partition coefficient (Wildman–Crippen LogP) is 2.04. The number of nitrogens with zero attached hydrogens (tertiary/aromatic N) is 2. The molecule has 0 spiro atoms. The molecule has 1 aromatic rings. The average Bonchev–Trinajstić information content (AvgIpc) is 2.36. The number of terminal acetylenes is 1. The third kappa shape index (κ3) is 4.46. The fraction of sp³-hybridized carbons (Fsp3) is 0.500. The molecule has 0 atom stereocenters. The Hall–Kier alpha value is -1.53. The van der Waals surface area contributed by atoms with Crippen molar-refractivity contribution >= 4 is 5.82 Å². The molecule has 3 heteroatoms. The molecular formula is C14H21N3. The number of hydrogen-bond donors (Lipinski definition) is 1. The Labute approximate surface area is 104 Å². The molecule has 0 aliphatic heterocycles. The summed E-state index contributed by atoms with van der Waals surface area (Å²) in [5.41, 5.74) is 1.25. The molecule has 0 aliphatic carbocycles. The fourth-order valence-corrected chi connectivity index (χ4v) is 1.67. The van der Waals surface area contributed by atoms with Gasteiger partial charge in [0.25, 0.3) is 0 Å². The van der Waals surface area contributed by atoms with Crippen LogP contribution in [-0.2, 0) is 6.54 Å². The minimum Gasteiger partial charge on any atom is -0.345 e. The van der Waals surface area contributed by atoms with Gasteiger partial charge >= 0.3 is 0 Å². The number of rotatable bonds is 7. The highest BCUT2D eigenvalue weighted by Gasteiger charge is 2.05. The van der Waals surface area contributed by atoms with E-state index in [1.807, 2.05) is 12.3 Å². The molecule has 0 bridgehead atoms. The summed E-state index contributed by atoms with van der Waals surface area (Å²) < 4.78 is 0. The van der Waals surface area contributed by atoms with Crippen molar-refractivity contribution in [3.05, 3.63) is 23.9 Å². The average molecular weight is 231 g/mol. The first-order chi connectivity index (χ1) is 8.31. The van der Waals surface area contributed by atoms with Crippen molar-refractivity contribution in [2.24, 2.45) is 0 Å². The summed E-state index contributed by atoms with van der Waals surface area (Å²) in [5.74, 6) is 3.66. The van der Waals surface area contributed by atoms with E-state index in [4.69, 9.17) is 6.42 Å². The first-order valence-corrected chi connectivity index (χ1v) is 6.15. The van der Waals surface area contributed by atoms with Crippen molar-refractivity contribution in [3.8, 4) is 12.3 Å². The van der Waals surface area contributed by atoms with Crippen LogP contribution in [0.2, 0.25) is 0 Å². The summed E-state index contributed by atoms with van der Waals surface area (Å²) in [4.78, 5) is 6.52. The zero-order valence-corrected chi connectivity index (χ0v) is 10.7. The summed E-state index contributed by atoms with van der Waals surface area (Å²) in [6.45, 7) is 7.66. The van der Waals surface area contributed by atoms with Crippen LogP contribution in [0.5, 0.6) is 0 Å². The van der Waals surface area contributed by atoms with Gasteiger partial charge in [0.1, 0.15) is 5.82 Å². The first kappa shape index (κ1) is 13.5. The maximum absolute atomic E-state index is 5.38. The smallest absolute Gasteiger partial charge is 0.129 e. The lowest BCUT2D eigenvalue weighted by molar-refractivity contribution is 0.724. The van der Waals surface area contributed by atoms with Gasteiger partial charge in [-0.05, 0) is 30.7 Å². The van der Waals surface area contributed by atoms with Gasteiger partial charge < -0.3 is 10.2 Å². The van der Waals surface area contributed by atoms with Crippen molar-refractivity contribution < 1.29 is 0 Å². The normalized spacial score (nSPS) is 9.94. The van der Waals surface area contributed by atoms with Crippen molar-refractivity contribution in [3.63, 3.8) is 0 Å². The molecule has 0 saturated heterocycles. The maximum atomic E-state index is 5.38. The van der Waals surface area contributed by atoms with E-state index in [1.165, 1.54) is 5.56 Å². The van der Waals surface area contributed by atoms with Crippen LogP contribution >= 0.6 is 0 Å². The Morgan fingerprint density at radius 1 is 1.47 bits per heavy atom. The van der Waals surface area contributed by atoms with Crippen molar-refractivity contribution in [1.82, 2.24) is 10.3 Å². The predicted molar refractivity (Wildman–Crippen MR) is 73.0 cm³/mol. The number of nitrogens with one attached hydrogen (secondary N) is 1. The maximum Gasteiger partial charge on any atom is 0.129 e. The SMILES string of the molecule is C#CCN(CCC)c1cc(CNCC)ccn1. The zero-order chi connectivity index (χ0) is 12.5. The second-order valence-corrected chi connectivity index (χ2v) is 3.93. The van der Waals surface area contributed by atoms with E-state index in [0.717, 1.165) is 31.9 Å². The molecule has 92 valence electrons. The van der Waals surface area contributed by atoms with Crippen molar-refractivity contribution in [1.29, 1.82) is 0 Å². The lowest BCUT2D eigenvalue weighted by Gasteiger charge is -2.21. The minimum atomic E-state index is 0.617. The van der Waals surface area contributed by atoms with E-state index in [2.05, 4.69) is 41.0 Å². The van der Waals surface area contributed by atoms with Crippen LogP contribution in [0.3, 0.4) is 0 Å². The van der Waals surface area contributed by atoms with Gasteiger partial charge in [0, 0.05) is 19.3 Å². The monoisotopic (exact) mass is 231 g/mol. The fourth-order valence-electron chi connectivity index (χ4n) is 1.67. The summed E-state index contributed by atoms with van der Waals surface area (Å²) in [6.07, 6.45) is 8.30. The number of pyridine rings is 1. The summed E-state index contributed by atoms with van der Waals surface area (Å²) >= 11 is 0. The van der Waals surface area contributed by atoms with E-state index >= 15 is 0 Å². The van der Waals surface area contributed by atoms with E-state index in [1.54, 1.807) is 0 Å². The van der Waals surface area contributed by atoms with Gasteiger partial charge in [-0.2, -0.15) is 0 Å². The quantitative estimate of drug-likeness (QED) is 0.728. The number of aromatic nitrogens is 1. The van der Waals surface area contributed by atoms with Gasteiger partial charge in [-0.3, -0.25) is 0 Å². The second kappa shape index (κ2) is 7.70. The van der Waals surface area contributed by atoms with Crippen molar-refractivity contribution in [2.75, 3.05) is 24.5 Å². The molecule has 3 nitrogen and oxygen atoms in total. The molecule has 1 heterocycles. The highest BCUT2D eigenvalue weighted by Crippen LogP contribution is 2.12. The zero-order valence-electron chi connectivity index (χ0n) is 10.7. The summed E-state index contributed by atoms with van der Waals surface area (Å²) in [7, 11) is 0. The Balaban J connectivity index is 2.76. The summed E-state index contributed by atoms with van der Waals surface area (Å²) in [5, 5.41) is 3.31. The van der Waals surface area contributed by atoms with Gasteiger partial charge in [-0.25, -0.2) is 4.98 Å². The van der Waals surface area contributed by atoms with E-state index in [-0.39, 0.29) is 0 Å². The lowest BCUT2D eigenvalue weighted by Crippen LogP contribution is -2.25. The molecule has 1 aromatic heterocycles.